The minimum atomic E-state index is -0.559. The molecule has 2 saturated heterocycles. The Bertz CT molecular complexity index is 1550. The maximum Gasteiger partial charge on any atom is 0.257 e. The number of nitrogens with one attached hydrogen (secondary N) is 1. The Balaban J connectivity index is 1.23. The van der Waals surface area contributed by atoms with E-state index in [0.29, 0.717) is 39.9 Å². The van der Waals surface area contributed by atoms with Crippen LogP contribution in [0.15, 0.2) is 35.3 Å². The molecule has 1 amide bonds. The Morgan fingerprint density at radius 1 is 0.976 bits per heavy atom. The first kappa shape index (κ1) is 29.7. The maximum absolute atomic E-state index is 15.7. The number of carbonyl (C=O) groups is 1. The van der Waals surface area contributed by atoms with Gasteiger partial charge in [0.1, 0.15) is 11.4 Å². The van der Waals surface area contributed by atoms with Crippen molar-refractivity contribution in [3.63, 3.8) is 0 Å². The zero-order valence-electron chi connectivity index (χ0n) is 23.2. The summed E-state index contributed by atoms with van der Waals surface area (Å²) in [6, 6.07) is 6.33. The summed E-state index contributed by atoms with van der Waals surface area (Å²) in [6.07, 6.45) is 3.35. The van der Waals surface area contributed by atoms with Gasteiger partial charge in [-0.25, -0.2) is 4.39 Å². The van der Waals surface area contributed by atoms with Crippen molar-refractivity contribution in [3.8, 4) is 0 Å². The predicted octanol–water partition coefficient (Wildman–Crippen LogP) is 4.82. The molecule has 3 fully saturated rings. The molecule has 0 radical (unpaired) electrons. The van der Waals surface area contributed by atoms with Gasteiger partial charge in [-0.05, 0) is 36.6 Å². The van der Waals surface area contributed by atoms with Gasteiger partial charge in [0.05, 0.1) is 34.8 Å². The molecule has 0 bridgehead atoms. The lowest BCUT2D eigenvalue weighted by molar-refractivity contribution is 0.0331. The highest BCUT2D eigenvalue weighted by Gasteiger charge is 2.31. The smallest absolute Gasteiger partial charge is 0.257 e. The zero-order valence-corrected chi connectivity index (χ0v) is 25.4. The van der Waals surface area contributed by atoms with Crippen LogP contribution in [0.4, 0.5) is 10.1 Å². The van der Waals surface area contributed by atoms with Crippen LogP contribution in [0.3, 0.4) is 0 Å². The molecule has 3 aromatic rings. The fourth-order valence-electron chi connectivity index (χ4n) is 5.76. The summed E-state index contributed by atoms with van der Waals surface area (Å²) in [5.74, 6) is -1.12. The Hall–Kier alpha value is -2.40. The van der Waals surface area contributed by atoms with E-state index in [9.17, 15) is 9.59 Å². The molecule has 12 heteroatoms. The van der Waals surface area contributed by atoms with Gasteiger partial charge in [-0.3, -0.25) is 19.4 Å². The monoisotopic (exact) mass is 635 g/mol. The van der Waals surface area contributed by atoms with Crippen LogP contribution in [-0.2, 0) is 11.3 Å². The van der Waals surface area contributed by atoms with E-state index in [4.69, 9.17) is 39.5 Å². The van der Waals surface area contributed by atoms with Crippen LogP contribution in [0.5, 0.6) is 0 Å². The van der Waals surface area contributed by atoms with E-state index in [1.807, 2.05) is 9.47 Å². The summed E-state index contributed by atoms with van der Waals surface area (Å²) in [5.41, 5.74) is 0.851. The summed E-state index contributed by atoms with van der Waals surface area (Å²) < 4.78 is 23.0. The van der Waals surface area contributed by atoms with Gasteiger partial charge in [-0.15, -0.1) is 0 Å². The molecule has 224 valence electrons. The molecular weight excluding hydrogens is 604 g/mol. The molecule has 1 aromatic heterocycles. The Kier molecular flexibility index (Phi) is 8.96. The lowest BCUT2D eigenvalue weighted by Crippen LogP contribution is -2.49. The van der Waals surface area contributed by atoms with Crippen molar-refractivity contribution in [1.29, 1.82) is 0 Å². The molecule has 3 aliphatic rings. The van der Waals surface area contributed by atoms with Gasteiger partial charge in [0.15, 0.2) is 0 Å². The molecule has 8 nitrogen and oxygen atoms in total. The summed E-state index contributed by atoms with van der Waals surface area (Å²) >= 11 is 19.1. The second-order valence-electron chi connectivity index (χ2n) is 11.1. The number of amides is 1. The standard InChI is InChI=1S/C30H33Cl3FN5O3/c31-20-2-1-19(24(32)15-20)17-35-30(41)23-18-39(21-3-4-21)27-22(29(23)40)16-25(34)28(26(27)33)38-9-7-36(8-10-38)5-6-37-11-13-42-14-12-37/h1-2,15-16,18,21H,3-14,17H2,(H,35,41). The molecule has 1 N–H and O–H groups in total. The van der Waals surface area contributed by atoms with E-state index < -0.39 is 17.2 Å². The van der Waals surface area contributed by atoms with E-state index in [1.54, 1.807) is 24.4 Å². The molecule has 2 aromatic carbocycles. The van der Waals surface area contributed by atoms with Crippen LogP contribution in [0.2, 0.25) is 15.1 Å². The maximum atomic E-state index is 15.7. The van der Waals surface area contributed by atoms with Crippen molar-refractivity contribution in [3.05, 3.63) is 72.7 Å². The van der Waals surface area contributed by atoms with Gasteiger partial charge in [-0.1, -0.05) is 40.9 Å². The fraction of sp³-hybridized carbons (Fsp3) is 0.467. The van der Waals surface area contributed by atoms with Gasteiger partial charge in [0.25, 0.3) is 5.91 Å². The normalized spacial score (nSPS) is 18.5. The van der Waals surface area contributed by atoms with Gasteiger partial charge in [0, 0.05) is 81.2 Å². The number of rotatable bonds is 8. The lowest BCUT2D eigenvalue weighted by Gasteiger charge is -2.38. The first-order valence-corrected chi connectivity index (χ1v) is 15.5. The molecule has 42 heavy (non-hydrogen) atoms. The topological polar surface area (TPSA) is 70.1 Å². The van der Waals surface area contributed by atoms with Crippen molar-refractivity contribution >= 4 is 57.3 Å². The SMILES string of the molecule is O=C(NCc1ccc(Cl)cc1Cl)c1cn(C2CC2)c2c(Cl)c(N3CCN(CCN4CCOCC4)CC3)c(F)cc2c1=O. The number of ether oxygens (including phenoxy) is 1. The summed E-state index contributed by atoms with van der Waals surface area (Å²) in [4.78, 5) is 33.5. The van der Waals surface area contributed by atoms with Gasteiger partial charge < -0.3 is 19.5 Å². The van der Waals surface area contributed by atoms with E-state index in [-0.39, 0.29) is 28.6 Å². The highest BCUT2D eigenvalue weighted by molar-refractivity contribution is 6.38. The summed E-state index contributed by atoms with van der Waals surface area (Å²) in [6.45, 7) is 8.40. The molecule has 0 unspecified atom stereocenters. The molecule has 0 spiro atoms. The van der Waals surface area contributed by atoms with Crippen molar-refractivity contribution in [2.45, 2.75) is 25.4 Å². The Morgan fingerprint density at radius 2 is 1.67 bits per heavy atom. The number of aromatic nitrogens is 1. The quantitative estimate of drug-likeness (QED) is 0.383. The average Bonchev–Trinajstić information content (AvgIpc) is 3.83. The average molecular weight is 637 g/mol. The molecule has 1 saturated carbocycles. The zero-order chi connectivity index (χ0) is 29.4. The highest BCUT2D eigenvalue weighted by atomic mass is 35.5. The largest absolute Gasteiger partial charge is 0.379 e. The Morgan fingerprint density at radius 3 is 2.33 bits per heavy atom. The van der Waals surface area contributed by atoms with Gasteiger partial charge >= 0.3 is 0 Å². The number of morpholine rings is 1. The molecule has 1 aliphatic carbocycles. The first-order valence-electron chi connectivity index (χ1n) is 14.4. The third-order valence-corrected chi connectivity index (χ3v) is 9.29. The fourth-order valence-corrected chi connectivity index (χ4v) is 6.65. The van der Waals surface area contributed by atoms with E-state index in [2.05, 4.69) is 15.1 Å². The predicted molar refractivity (Wildman–Crippen MR) is 165 cm³/mol. The number of halogens is 4. The molecular formula is C30H33Cl3FN5O3. The number of hydrogen-bond acceptors (Lipinski definition) is 6. The molecule has 6 rings (SSSR count). The van der Waals surface area contributed by atoms with Crippen molar-refractivity contribution < 1.29 is 13.9 Å². The first-order chi connectivity index (χ1) is 20.3. The number of nitrogens with zero attached hydrogens (tertiary/aromatic N) is 4. The van der Waals surface area contributed by atoms with E-state index in [0.717, 1.165) is 65.3 Å². The van der Waals surface area contributed by atoms with Crippen LogP contribution >= 0.6 is 34.8 Å². The van der Waals surface area contributed by atoms with Crippen molar-refractivity contribution in [2.24, 2.45) is 0 Å². The number of benzene rings is 2. The molecule has 3 heterocycles. The number of anilines is 1. The van der Waals surface area contributed by atoms with Crippen LogP contribution in [0.25, 0.3) is 10.9 Å². The highest BCUT2D eigenvalue weighted by Crippen LogP contribution is 2.42. The van der Waals surface area contributed by atoms with Crippen LogP contribution in [0.1, 0.15) is 34.8 Å². The van der Waals surface area contributed by atoms with E-state index >= 15 is 4.39 Å². The van der Waals surface area contributed by atoms with Crippen LogP contribution in [-0.4, -0.2) is 85.8 Å². The third-order valence-electron chi connectivity index (χ3n) is 8.35. The number of fused-ring (bicyclic) bond motifs is 1. The number of pyridine rings is 1. The van der Waals surface area contributed by atoms with Crippen molar-refractivity contribution in [2.75, 3.05) is 70.5 Å². The number of carbonyl (C=O) groups excluding carboxylic acids is 1. The molecule has 0 atom stereocenters. The van der Waals surface area contributed by atoms with Crippen molar-refractivity contribution in [1.82, 2.24) is 19.7 Å². The lowest BCUT2D eigenvalue weighted by atomic mass is 10.1. The number of hydrogen-bond donors (Lipinski definition) is 1. The van der Waals surface area contributed by atoms with Crippen LogP contribution < -0.4 is 15.6 Å². The third kappa shape index (κ3) is 6.27. The molecule has 2 aliphatic heterocycles. The van der Waals surface area contributed by atoms with Crippen LogP contribution in [0, 0.1) is 5.82 Å². The van der Waals surface area contributed by atoms with E-state index in [1.165, 1.54) is 6.07 Å². The second kappa shape index (κ2) is 12.7. The number of piperazine rings is 1. The second-order valence-corrected chi connectivity index (χ2v) is 12.4. The Labute approximate surface area is 258 Å². The minimum Gasteiger partial charge on any atom is -0.379 e. The summed E-state index contributed by atoms with van der Waals surface area (Å²) in [7, 11) is 0. The summed E-state index contributed by atoms with van der Waals surface area (Å²) in [5, 5.41) is 3.99. The van der Waals surface area contributed by atoms with Gasteiger partial charge in [-0.2, -0.15) is 0 Å². The minimum absolute atomic E-state index is 0.0587. The van der Waals surface area contributed by atoms with Gasteiger partial charge in [0.2, 0.25) is 5.43 Å².